The molecule has 2 aromatic rings. The second kappa shape index (κ2) is 5.25. The molecule has 23 heavy (non-hydrogen) atoms. The molecule has 1 unspecified atom stereocenters. The average molecular weight is 337 g/mol. The minimum Gasteiger partial charge on any atom is -0.394 e. The van der Waals surface area contributed by atoms with Crippen LogP contribution >= 0.6 is 0 Å². The van der Waals surface area contributed by atoms with Gasteiger partial charge in [0.2, 0.25) is 5.82 Å². The largest absolute Gasteiger partial charge is 0.451 e. The van der Waals surface area contributed by atoms with Crippen LogP contribution in [0.5, 0.6) is 0 Å². The molecule has 0 amide bonds. The first-order chi connectivity index (χ1) is 10.7. The van der Waals surface area contributed by atoms with Gasteiger partial charge in [0.15, 0.2) is 23.9 Å². The zero-order valence-corrected chi connectivity index (χ0v) is 11.3. The number of nitrogen functional groups attached to an aromatic ring is 1. The fourth-order valence-electron chi connectivity index (χ4n) is 2.33. The van der Waals surface area contributed by atoms with Crippen molar-refractivity contribution in [2.75, 3.05) is 12.3 Å². The van der Waals surface area contributed by atoms with Crippen LogP contribution < -0.4 is 5.73 Å². The summed E-state index contributed by atoms with van der Waals surface area (Å²) in [6.45, 7) is -0.657. The molecule has 1 fully saturated rings. The van der Waals surface area contributed by atoms with Gasteiger partial charge < -0.3 is 20.7 Å². The van der Waals surface area contributed by atoms with Crippen LogP contribution in [0.2, 0.25) is 0 Å². The predicted octanol–water partition coefficient (Wildman–Crippen LogP) is 0.0160. The van der Waals surface area contributed by atoms with E-state index in [-0.39, 0.29) is 11.2 Å². The molecule has 1 saturated heterocycles. The highest BCUT2D eigenvalue weighted by Gasteiger charge is 2.46. The lowest BCUT2D eigenvalue weighted by atomic mass is 10.1. The molecule has 12 heteroatoms. The number of nitrogens with zero attached hydrogens (tertiary/aromatic N) is 4. The molecule has 0 spiro atoms. The standard InChI is InChI=1S/C11H11F4N5O3/c12-4-6(22)3(1-21)23-9(4)20-2-17-5-7(16)18-10(11(13,14)15)19-8(5)20/h2-4,6,9,21-22H,1H2,(H2,16,18,19)/t3-,4?,6+,9-/m1/s1. The first kappa shape index (κ1) is 15.8. The zero-order valence-electron chi connectivity index (χ0n) is 11.3. The average Bonchev–Trinajstić information content (AvgIpc) is 3.01. The summed E-state index contributed by atoms with van der Waals surface area (Å²) < 4.78 is 58.4. The third-order valence-corrected chi connectivity index (χ3v) is 3.45. The SMILES string of the molecule is Nc1nc(C(F)(F)F)nc2c1ncn2[C@@H]1O[C@H](CO)[C@H](O)C1F. The number of rotatable bonds is 2. The van der Waals surface area contributed by atoms with Crippen LogP contribution in [0.3, 0.4) is 0 Å². The maximum atomic E-state index is 14.1. The highest BCUT2D eigenvalue weighted by molar-refractivity contribution is 5.81. The Kier molecular flexibility index (Phi) is 3.61. The van der Waals surface area contributed by atoms with Gasteiger partial charge in [-0.3, -0.25) is 4.57 Å². The number of anilines is 1. The van der Waals surface area contributed by atoms with Gasteiger partial charge in [-0.05, 0) is 0 Å². The van der Waals surface area contributed by atoms with E-state index in [0.717, 1.165) is 10.9 Å². The summed E-state index contributed by atoms with van der Waals surface area (Å²) in [5.74, 6) is -2.02. The molecule has 8 nitrogen and oxygen atoms in total. The second-order valence-corrected chi connectivity index (χ2v) is 4.94. The van der Waals surface area contributed by atoms with Gasteiger partial charge >= 0.3 is 6.18 Å². The molecule has 0 radical (unpaired) electrons. The number of ether oxygens (including phenoxy) is 1. The molecule has 4 atom stereocenters. The van der Waals surface area contributed by atoms with Crippen molar-refractivity contribution < 1.29 is 32.5 Å². The van der Waals surface area contributed by atoms with Crippen LogP contribution in [-0.2, 0) is 10.9 Å². The minimum absolute atomic E-state index is 0.157. The van der Waals surface area contributed by atoms with Gasteiger partial charge in [0.05, 0.1) is 12.9 Å². The van der Waals surface area contributed by atoms with Crippen molar-refractivity contribution in [3.8, 4) is 0 Å². The molecule has 1 aliphatic heterocycles. The van der Waals surface area contributed by atoms with E-state index in [1.54, 1.807) is 0 Å². The molecule has 4 N–H and O–H groups in total. The van der Waals surface area contributed by atoms with E-state index in [0.29, 0.717) is 0 Å². The van der Waals surface area contributed by atoms with Gasteiger partial charge in [0.25, 0.3) is 0 Å². The molecule has 3 rings (SSSR count). The van der Waals surface area contributed by atoms with Crippen molar-refractivity contribution in [2.45, 2.75) is 30.8 Å². The highest BCUT2D eigenvalue weighted by atomic mass is 19.4. The number of nitrogens with two attached hydrogens (primary N) is 1. The monoisotopic (exact) mass is 337 g/mol. The normalized spacial score (nSPS) is 28.6. The van der Waals surface area contributed by atoms with Crippen LogP contribution in [0.4, 0.5) is 23.4 Å². The summed E-state index contributed by atoms with van der Waals surface area (Å²) in [5, 5.41) is 18.6. The zero-order chi connectivity index (χ0) is 16.9. The number of imidazole rings is 1. The van der Waals surface area contributed by atoms with Gasteiger partial charge in [-0.1, -0.05) is 0 Å². The van der Waals surface area contributed by atoms with E-state index in [9.17, 15) is 22.7 Å². The first-order valence-electron chi connectivity index (χ1n) is 6.39. The van der Waals surface area contributed by atoms with Crippen LogP contribution in [0.1, 0.15) is 12.1 Å². The van der Waals surface area contributed by atoms with Crippen molar-refractivity contribution in [1.82, 2.24) is 19.5 Å². The van der Waals surface area contributed by atoms with Crippen molar-refractivity contribution in [1.29, 1.82) is 0 Å². The molecule has 0 saturated carbocycles. The number of aromatic nitrogens is 4. The van der Waals surface area contributed by atoms with Gasteiger partial charge in [0, 0.05) is 0 Å². The fraction of sp³-hybridized carbons (Fsp3) is 0.545. The van der Waals surface area contributed by atoms with Crippen molar-refractivity contribution in [3.05, 3.63) is 12.2 Å². The highest BCUT2D eigenvalue weighted by Crippen LogP contribution is 2.35. The summed E-state index contributed by atoms with van der Waals surface area (Å²) in [5.41, 5.74) is 4.89. The molecule has 1 aliphatic rings. The molecule has 0 aliphatic carbocycles. The van der Waals surface area contributed by atoms with E-state index in [1.165, 1.54) is 0 Å². The second-order valence-electron chi connectivity index (χ2n) is 4.94. The summed E-state index contributed by atoms with van der Waals surface area (Å²) in [6.07, 6.45) is -10.2. The van der Waals surface area contributed by atoms with Crippen LogP contribution in [-0.4, -0.2) is 54.7 Å². The third kappa shape index (κ3) is 2.48. The van der Waals surface area contributed by atoms with Gasteiger partial charge in [0.1, 0.15) is 17.7 Å². The number of aliphatic hydroxyl groups is 2. The maximum Gasteiger partial charge on any atom is 0.451 e. The number of fused-ring (bicyclic) bond motifs is 1. The fourth-order valence-corrected chi connectivity index (χ4v) is 2.33. The number of aliphatic hydroxyl groups excluding tert-OH is 2. The Bertz CT molecular complexity index is 736. The molecular weight excluding hydrogens is 326 g/mol. The van der Waals surface area contributed by atoms with Crippen LogP contribution in [0, 0.1) is 0 Å². The van der Waals surface area contributed by atoms with Crippen LogP contribution in [0.25, 0.3) is 11.2 Å². The van der Waals surface area contributed by atoms with E-state index in [2.05, 4.69) is 15.0 Å². The Morgan fingerprint density at radius 2 is 2.04 bits per heavy atom. The molecule has 3 heterocycles. The van der Waals surface area contributed by atoms with Crippen molar-refractivity contribution in [2.24, 2.45) is 0 Å². The molecule has 2 aromatic heterocycles. The quantitative estimate of drug-likeness (QED) is 0.661. The lowest BCUT2D eigenvalue weighted by Crippen LogP contribution is -2.30. The Hall–Kier alpha value is -2.05. The van der Waals surface area contributed by atoms with Gasteiger partial charge in [-0.25, -0.2) is 19.3 Å². The summed E-state index contributed by atoms with van der Waals surface area (Å²) in [7, 11) is 0. The smallest absolute Gasteiger partial charge is 0.394 e. The Balaban J connectivity index is 2.10. The predicted molar refractivity (Wildman–Crippen MR) is 66.6 cm³/mol. The lowest BCUT2D eigenvalue weighted by molar-refractivity contribution is -0.144. The summed E-state index contributed by atoms with van der Waals surface area (Å²) in [4.78, 5) is 10.2. The molecule has 0 aromatic carbocycles. The topological polar surface area (TPSA) is 119 Å². The molecule has 0 bridgehead atoms. The first-order valence-corrected chi connectivity index (χ1v) is 6.39. The van der Waals surface area contributed by atoms with Gasteiger partial charge in [-0.2, -0.15) is 13.2 Å². The summed E-state index contributed by atoms with van der Waals surface area (Å²) in [6, 6.07) is 0. The van der Waals surface area contributed by atoms with Crippen molar-refractivity contribution >= 4 is 17.0 Å². The lowest BCUT2D eigenvalue weighted by Gasteiger charge is -2.15. The number of halogens is 4. The Labute approximate surface area is 125 Å². The van der Waals surface area contributed by atoms with Gasteiger partial charge in [-0.15, -0.1) is 0 Å². The molecule has 126 valence electrons. The van der Waals surface area contributed by atoms with Crippen molar-refractivity contribution in [3.63, 3.8) is 0 Å². The number of alkyl halides is 4. The van der Waals surface area contributed by atoms with E-state index >= 15 is 0 Å². The summed E-state index contributed by atoms with van der Waals surface area (Å²) >= 11 is 0. The minimum atomic E-state index is -4.85. The van der Waals surface area contributed by atoms with E-state index in [4.69, 9.17) is 15.6 Å². The number of hydrogen-bond donors (Lipinski definition) is 3. The Morgan fingerprint density at radius 3 is 2.61 bits per heavy atom. The maximum absolute atomic E-state index is 14.1. The Morgan fingerprint density at radius 1 is 1.35 bits per heavy atom. The third-order valence-electron chi connectivity index (χ3n) is 3.45. The van der Waals surface area contributed by atoms with Crippen LogP contribution in [0.15, 0.2) is 6.33 Å². The van der Waals surface area contributed by atoms with E-state index < -0.39 is 49.0 Å². The molecular formula is C11H11F4N5O3. The van der Waals surface area contributed by atoms with E-state index in [1.807, 2.05) is 0 Å². The number of hydrogen-bond acceptors (Lipinski definition) is 7.